The van der Waals surface area contributed by atoms with E-state index in [1.54, 1.807) is 67.6 Å². The molecule has 5 nitrogen and oxygen atoms in total. The monoisotopic (exact) mass is 457 g/mol. The fraction of sp³-hybridized carbons (Fsp3) is 0.200. The van der Waals surface area contributed by atoms with Gasteiger partial charge in [-0.15, -0.1) is 0 Å². The lowest BCUT2D eigenvalue weighted by molar-refractivity contribution is -0.141. The van der Waals surface area contributed by atoms with Gasteiger partial charge in [-0.25, -0.2) is 4.79 Å². The number of carboxylic acids is 1. The summed E-state index contributed by atoms with van der Waals surface area (Å²) in [5.74, 6) is -1.78. The summed E-state index contributed by atoms with van der Waals surface area (Å²) in [5, 5.41) is 9.77. The van der Waals surface area contributed by atoms with E-state index in [9.17, 15) is 27.9 Å². The molecule has 0 radical (unpaired) electrons. The van der Waals surface area contributed by atoms with Gasteiger partial charge in [0.15, 0.2) is 0 Å². The molecule has 33 heavy (non-hydrogen) atoms. The molecular formula is C25H22F3NO4. The number of halogens is 3. The maximum absolute atomic E-state index is 13.8. The summed E-state index contributed by atoms with van der Waals surface area (Å²) in [7, 11) is 0. The second-order valence-electron chi connectivity index (χ2n) is 7.24. The molecule has 0 heterocycles. The molecule has 172 valence electrons. The van der Waals surface area contributed by atoms with Crippen molar-refractivity contribution in [2.45, 2.75) is 31.7 Å². The van der Waals surface area contributed by atoms with E-state index in [1.807, 2.05) is 0 Å². The molecule has 0 bridgehead atoms. The third-order valence-electron chi connectivity index (χ3n) is 5.00. The van der Waals surface area contributed by atoms with Crippen LogP contribution < -0.4 is 9.64 Å². The van der Waals surface area contributed by atoms with Crippen molar-refractivity contribution in [1.29, 1.82) is 0 Å². The minimum atomic E-state index is -4.66. The quantitative estimate of drug-likeness (QED) is 0.470. The Morgan fingerprint density at radius 1 is 0.939 bits per heavy atom. The Morgan fingerprint density at radius 2 is 1.55 bits per heavy atom. The summed E-state index contributed by atoms with van der Waals surface area (Å²) < 4.78 is 46.0. The Kier molecular flexibility index (Phi) is 7.37. The molecule has 0 aliphatic rings. The molecule has 0 saturated carbocycles. The van der Waals surface area contributed by atoms with E-state index in [1.165, 1.54) is 6.07 Å². The molecule has 0 fully saturated rings. The fourth-order valence-electron chi connectivity index (χ4n) is 3.41. The number of carbonyl (C=O) groups excluding carboxylic acids is 1. The Labute approximate surface area is 189 Å². The molecule has 0 spiro atoms. The summed E-state index contributed by atoms with van der Waals surface area (Å²) in [5.41, 5.74) is -0.733. The van der Waals surface area contributed by atoms with Crippen LogP contribution in [0.5, 0.6) is 5.75 Å². The zero-order valence-electron chi connectivity index (χ0n) is 17.7. The highest BCUT2D eigenvalue weighted by Crippen LogP contribution is 2.34. The average molecular weight is 457 g/mol. The first kappa shape index (κ1) is 23.8. The smallest absolute Gasteiger partial charge is 0.416 e. The molecule has 3 aromatic rings. The number of aliphatic carboxylic acids is 1. The van der Waals surface area contributed by atoms with Crippen LogP contribution in [0.1, 0.15) is 30.6 Å². The van der Waals surface area contributed by atoms with Gasteiger partial charge in [-0.2, -0.15) is 13.2 Å². The van der Waals surface area contributed by atoms with E-state index < -0.39 is 35.8 Å². The number of carbonyl (C=O) groups is 2. The lowest BCUT2D eigenvalue weighted by Gasteiger charge is -2.32. The van der Waals surface area contributed by atoms with Gasteiger partial charge in [0.2, 0.25) is 6.10 Å². The molecule has 1 amide bonds. The van der Waals surface area contributed by atoms with Crippen molar-refractivity contribution in [2.24, 2.45) is 0 Å². The highest BCUT2D eigenvalue weighted by molar-refractivity contribution is 6.02. The van der Waals surface area contributed by atoms with Crippen LogP contribution in [0.2, 0.25) is 0 Å². The van der Waals surface area contributed by atoms with E-state index in [-0.39, 0.29) is 12.1 Å². The number of nitrogens with zero attached hydrogens (tertiary/aromatic N) is 1. The van der Waals surface area contributed by atoms with Crippen molar-refractivity contribution in [3.63, 3.8) is 0 Å². The lowest BCUT2D eigenvalue weighted by Crippen LogP contribution is -2.48. The molecular weight excluding hydrogens is 435 g/mol. The number of amides is 1. The van der Waals surface area contributed by atoms with Crippen LogP contribution >= 0.6 is 0 Å². The maximum Gasteiger partial charge on any atom is 0.416 e. The highest BCUT2D eigenvalue weighted by atomic mass is 19.4. The third-order valence-corrected chi connectivity index (χ3v) is 5.00. The van der Waals surface area contributed by atoms with Crippen LogP contribution in [0.25, 0.3) is 0 Å². The first-order chi connectivity index (χ1) is 15.7. The number of benzene rings is 3. The van der Waals surface area contributed by atoms with Gasteiger partial charge in [0.25, 0.3) is 5.91 Å². The molecule has 2 atom stereocenters. The number of hydrogen-bond acceptors (Lipinski definition) is 3. The molecule has 2 unspecified atom stereocenters. The van der Waals surface area contributed by atoms with Gasteiger partial charge >= 0.3 is 12.1 Å². The predicted octanol–water partition coefficient (Wildman–Crippen LogP) is 5.72. The molecule has 3 aromatic carbocycles. The fourth-order valence-corrected chi connectivity index (χ4v) is 3.41. The van der Waals surface area contributed by atoms with E-state index in [4.69, 9.17) is 4.74 Å². The Bertz CT molecular complexity index is 1090. The Balaban J connectivity index is 2.12. The first-order valence-corrected chi connectivity index (χ1v) is 10.2. The average Bonchev–Trinajstić information content (AvgIpc) is 2.81. The topological polar surface area (TPSA) is 66.8 Å². The summed E-state index contributed by atoms with van der Waals surface area (Å²) in [4.78, 5) is 26.6. The van der Waals surface area contributed by atoms with Crippen molar-refractivity contribution in [1.82, 2.24) is 0 Å². The molecule has 0 aromatic heterocycles. The number of ether oxygens (including phenoxy) is 1. The second kappa shape index (κ2) is 10.2. The zero-order chi connectivity index (χ0) is 24.0. The SMILES string of the molecule is CCC(C(=O)O)N(C(=O)C(Oc1ccccc1)c1ccccc1)c1cccc(C(F)(F)F)c1. The maximum atomic E-state index is 13.8. The highest BCUT2D eigenvalue weighted by Gasteiger charge is 2.38. The molecule has 1 N–H and O–H groups in total. The summed E-state index contributed by atoms with van der Waals surface area (Å²) >= 11 is 0. The number of rotatable bonds is 8. The first-order valence-electron chi connectivity index (χ1n) is 10.2. The van der Waals surface area contributed by atoms with Crippen molar-refractivity contribution in [2.75, 3.05) is 4.90 Å². The Morgan fingerprint density at radius 3 is 2.09 bits per heavy atom. The van der Waals surface area contributed by atoms with Gasteiger partial charge in [0.05, 0.1) is 5.56 Å². The summed E-state index contributed by atoms with van der Waals surface area (Å²) in [6.45, 7) is 1.54. The summed E-state index contributed by atoms with van der Waals surface area (Å²) in [6, 6.07) is 19.5. The van der Waals surface area contributed by atoms with Crippen LogP contribution in [-0.4, -0.2) is 23.0 Å². The predicted molar refractivity (Wildman–Crippen MR) is 117 cm³/mol. The summed E-state index contributed by atoms with van der Waals surface area (Å²) in [6.07, 6.45) is -5.96. The van der Waals surface area contributed by atoms with Crippen LogP contribution in [0.3, 0.4) is 0 Å². The number of para-hydroxylation sites is 1. The van der Waals surface area contributed by atoms with Gasteiger partial charge in [-0.05, 0) is 36.8 Å². The standard InChI is InChI=1S/C25H22F3NO4/c1-2-21(24(31)32)29(19-13-9-12-18(16-19)25(26,27)28)23(30)22(17-10-5-3-6-11-17)33-20-14-7-4-8-15-20/h3-16,21-22H,2H2,1H3,(H,31,32). The van der Waals surface area contributed by atoms with Crippen LogP contribution in [-0.2, 0) is 15.8 Å². The van der Waals surface area contributed by atoms with Crippen LogP contribution in [0.4, 0.5) is 18.9 Å². The van der Waals surface area contributed by atoms with E-state index >= 15 is 0 Å². The zero-order valence-corrected chi connectivity index (χ0v) is 17.7. The van der Waals surface area contributed by atoms with Crippen molar-refractivity contribution >= 4 is 17.6 Å². The molecule has 0 saturated heterocycles. The van der Waals surface area contributed by atoms with Gasteiger partial charge in [-0.1, -0.05) is 61.5 Å². The molecule has 0 aliphatic heterocycles. The number of anilines is 1. The van der Waals surface area contributed by atoms with Crippen LogP contribution in [0, 0.1) is 0 Å². The number of carboxylic acid groups (broad SMARTS) is 1. The van der Waals surface area contributed by atoms with E-state index in [2.05, 4.69) is 0 Å². The normalized spacial score (nSPS) is 13.1. The van der Waals surface area contributed by atoms with Crippen LogP contribution in [0.15, 0.2) is 84.9 Å². The largest absolute Gasteiger partial charge is 0.480 e. The van der Waals surface area contributed by atoms with Crippen molar-refractivity contribution < 1.29 is 32.6 Å². The third kappa shape index (κ3) is 5.71. The second-order valence-corrected chi connectivity index (χ2v) is 7.24. The Hall–Kier alpha value is -3.81. The minimum Gasteiger partial charge on any atom is -0.480 e. The van der Waals surface area contributed by atoms with Gasteiger partial charge in [0.1, 0.15) is 11.8 Å². The van der Waals surface area contributed by atoms with Gasteiger partial charge in [0, 0.05) is 11.3 Å². The number of hydrogen-bond donors (Lipinski definition) is 1. The van der Waals surface area contributed by atoms with Gasteiger partial charge in [-0.3, -0.25) is 9.69 Å². The van der Waals surface area contributed by atoms with E-state index in [0.29, 0.717) is 11.3 Å². The molecule has 3 rings (SSSR count). The lowest BCUT2D eigenvalue weighted by atomic mass is 10.0. The van der Waals surface area contributed by atoms with Crippen molar-refractivity contribution in [3.05, 3.63) is 96.1 Å². The minimum absolute atomic E-state index is 0.0236. The van der Waals surface area contributed by atoms with Crippen molar-refractivity contribution in [3.8, 4) is 5.75 Å². The number of alkyl halides is 3. The molecule has 8 heteroatoms. The molecule has 0 aliphatic carbocycles. The van der Waals surface area contributed by atoms with Gasteiger partial charge < -0.3 is 9.84 Å². The van der Waals surface area contributed by atoms with E-state index in [0.717, 1.165) is 23.1 Å².